The first-order valence-corrected chi connectivity index (χ1v) is 7.75. The van der Waals surface area contributed by atoms with Crippen molar-refractivity contribution in [3.8, 4) is 0 Å². The van der Waals surface area contributed by atoms with Gasteiger partial charge in [-0.05, 0) is 18.3 Å². The SMILES string of the molecule is CCCC1CCCCC1CNC(=O)N(C)CCC(=O)O. The predicted molar refractivity (Wildman–Crippen MR) is 78.6 cm³/mol. The molecular formula is C15H28N2O3. The zero-order valence-corrected chi connectivity index (χ0v) is 12.7. The third kappa shape index (κ3) is 5.80. The van der Waals surface area contributed by atoms with E-state index in [4.69, 9.17) is 5.11 Å². The van der Waals surface area contributed by atoms with Crippen molar-refractivity contribution in [2.24, 2.45) is 11.8 Å². The summed E-state index contributed by atoms with van der Waals surface area (Å²) in [5, 5.41) is 11.6. The van der Waals surface area contributed by atoms with Gasteiger partial charge in [0.2, 0.25) is 0 Å². The Bertz CT molecular complexity index is 318. The van der Waals surface area contributed by atoms with Gasteiger partial charge in [-0.2, -0.15) is 0 Å². The number of nitrogens with zero attached hydrogens (tertiary/aromatic N) is 1. The first kappa shape index (κ1) is 16.8. The number of hydrogen-bond acceptors (Lipinski definition) is 2. The molecule has 2 atom stereocenters. The molecule has 0 aromatic heterocycles. The summed E-state index contributed by atoms with van der Waals surface area (Å²) in [6, 6.07) is -0.160. The molecule has 116 valence electrons. The summed E-state index contributed by atoms with van der Waals surface area (Å²) in [6.45, 7) is 3.19. The predicted octanol–water partition coefficient (Wildman–Crippen LogP) is 2.71. The highest BCUT2D eigenvalue weighted by Crippen LogP contribution is 2.32. The van der Waals surface area contributed by atoms with E-state index in [1.54, 1.807) is 7.05 Å². The molecule has 1 rings (SSSR count). The van der Waals surface area contributed by atoms with Gasteiger partial charge in [-0.3, -0.25) is 4.79 Å². The third-order valence-corrected chi connectivity index (χ3v) is 4.25. The molecule has 20 heavy (non-hydrogen) atoms. The van der Waals surface area contributed by atoms with Crippen molar-refractivity contribution in [1.29, 1.82) is 0 Å². The number of aliphatic carboxylic acids is 1. The number of rotatable bonds is 7. The van der Waals surface area contributed by atoms with Crippen LogP contribution in [-0.2, 0) is 4.79 Å². The lowest BCUT2D eigenvalue weighted by atomic mass is 9.77. The highest BCUT2D eigenvalue weighted by Gasteiger charge is 2.25. The normalized spacial score (nSPS) is 22.3. The summed E-state index contributed by atoms with van der Waals surface area (Å²) < 4.78 is 0. The molecule has 0 radical (unpaired) electrons. The number of carboxylic acids is 1. The summed E-state index contributed by atoms with van der Waals surface area (Å²) >= 11 is 0. The topological polar surface area (TPSA) is 69.6 Å². The number of carbonyl (C=O) groups excluding carboxylic acids is 1. The second-order valence-corrected chi connectivity index (χ2v) is 5.84. The molecule has 2 N–H and O–H groups in total. The van der Waals surface area contributed by atoms with E-state index >= 15 is 0 Å². The van der Waals surface area contributed by atoms with Crippen LogP contribution in [-0.4, -0.2) is 42.1 Å². The van der Waals surface area contributed by atoms with Crippen LogP contribution < -0.4 is 5.32 Å². The van der Waals surface area contributed by atoms with E-state index in [1.807, 2.05) is 0 Å². The van der Waals surface area contributed by atoms with E-state index < -0.39 is 5.97 Å². The van der Waals surface area contributed by atoms with Crippen molar-refractivity contribution < 1.29 is 14.7 Å². The lowest BCUT2D eigenvalue weighted by Crippen LogP contribution is -2.42. The molecule has 5 nitrogen and oxygen atoms in total. The van der Waals surface area contributed by atoms with Gasteiger partial charge in [-0.1, -0.05) is 39.0 Å². The van der Waals surface area contributed by atoms with Crippen molar-refractivity contribution in [2.45, 2.75) is 51.9 Å². The van der Waals surface area contributed by atoms with E-state index in [-0.39, 0.29) is 19.0 Å². The molecular weight excluding hydrogens is 256 g/mol. The minimum atomic E-state index is -0.875. The molecule has 2 amide bonds. The molecule has 0 bridgehead atoms. The van der Waals surface area contributed by atoms with Crippen LogP contribution in [0.25, 0.3) is 0 Å². The Morgan fingerprint density at radius 2 is 1.90 bits per heavy atom. The third-order valence-electron chi connectivity index (χ3n) is 4.25. The van der Waals surface area contributed by atoms with Crippen LogP contribution >= 0.6 is 0 Å². The van der Waals surface area contributed by atoms with Gasteiger partial charge in [-0.25, -0.2) is 4.79 Å². The molecule has 0 aliphatic heterocycles. The van der Waals surface area contributed by atoms with Gasteiger partial charge in [0, 0.05) is 20.1 Å². The van der Waals surface area contributed by atoms with E-state index in [0.717, 1.165) is 12.5 Å². The van der Waals surface area contributed by atoms with E-state index in [2.05, 4.69) is 12.2 Å². The summed E-state index contributed by atoms with van der Waals surface area (Å²) in [5.74, 6) is 0.443. The van der Waals surface area contributed by atoms with Crippen LogP contribution in [0.3, 0.4) is 0 Å². The zero-order valence-electron chi connectivity index (χ0n) is 12.7. The second-order valence-electron chi connectivity index (χ2n) is 5.84. The van der Waals surface area contributed by atoms with Gasteiger partial charge in [0.05, 0.1) is 6.42 Å². The van der Waals surface area contributed by atoms with Crippen molar-refractivity contribution in [2.75, 3.05) is 20.1 Å². The van der Waals surface area contributed by atoms with Crippen LogP contribution in [0.5, 0.6) is 0 Å². The molecule has 0 saturated heterocycles. The van der Waals surface area contributed by atoms with Crippen LogP contribution in [0.4, 0.5) is 4.79 Å². The molecule has 1 saturated carbocycles. The minimum absolute atomic E-state index is 0.00813. The van der Waals surface area contributed by atoms with Crippen molar-refractivity contribution in [3.05, 3.63) is 0 Å². The molecule has 1 fully saturated rings. The first-order chi connectivity index (χ1) is 9.54. The van der Waals surface area contributed by atoms with E-state index in [1.165, 1.54) is 43.4 Å². The fourth-order valence-electron chi connectivity index (χ4n) is 3.02. The molecule has 0 heterocycles. The standard InChI is InChI=1S/C15H28N2O3/c1-3-6-12-7-4-5-8-13(12)11-16-15(20)17(2)10-9-14(18)19/h12-13H,3-11H2,1-2H3,(H,16,20)(H,18,19). The lowest BCUT2D eigenvalue weighted by Gasteiger charge is -2.32. The largest absolute Gasteiger partial charge is 0.481 e. The van der Waals surface area contributed by atoms with Crippen LogP contribution in [0.15, 0.2) is 0 Å². The maximum Gasteiger partial charge on any atom is 0.317 e. The van der Waals surface area contributed by atoms with Gasteiger partial charge in [-0.15, -0.1) is 0 Å². The van der Waals surface area contributed by atoms with E-state index in [9.17, 15) is 9.59 Å². The maximum absolute atomic E-state index is 11.9. The maximum atomic E-state index is 11.9. The van der Waals surface area contributed by atoms with Crippen molar-refractivity contribution in [3.63, 3.8) is 0 Å². The summed E-state index contributed by atoms with van der Waals surface area (Å²) in [5.41, 5.74) is 0. The zero-order chi connectivity index (χ0) is 15.0. The van der Waals surface area contributed by atoms with Gasteiger partial charge >= 0.3 is 12.0 Å². The number of urea groups is 1. The summed E-state index contributed by atoms with van der Waals surface area (Å²) in [6.07, 6.45) is 7.49. The molecule has 0 spiro atoms. The van der Waals surface area contributed by atoms with Crippen LogP contribution in [0.1, 0.15) is 51.9 Å². The van der Waals surface area contributed by atoms with Crippen LogP contribution in [0.2, 0.25) is 0 Å². The minimum Gasteiger partial charge on any atom is -0.481 e. The average Bonchev–Trinajstić information content (AvgIpc) is 2.43. The highest BCUT2D eigenvalue weighted by atomic mass is 16.4. The Balaban J connectivity index is 2.32. The van der Waals surface area contributed by atoms with Gasteiger partial charge in [0.25, 0.3) is 0 Å². The molecule has 5 heteroatoms. The van der Waals surface area contributed by atoms with Gasteiger partial charge < -0.3 is 15.3 Å². The monoisotopic (exact) mass is 284 g/mol. The lowest BCUT2D eigenvalue weighted by molar-refractivity contribution is -0.137. The molecule has 0 aromatic carbocycles. The first-order valence-electron chi connectivity index (χ1n) is 7.75. The Labute approximate surface area is 121 Å². The highest BCUT2D eigenvalue weighted by molar-refractivity contribution is 5.74. The molecule has 1 aliphatic carbocycles. The van der Waals surface area contributed by atoms with Gasteiger partial charge in [0.15, 0.2) is 0 Å². The van der Waals surface area contributed by atoms with Gasteiger partial charge in [0.1, 0.15) is 0 Å². The summed E-state index contributed by atoms with van der Waals surface area (Å²) in [7, 11) is 1.64. The number of hydrogen-bond donors (Lipinski definition) is 2. The Kier molecular flexibility index (Phi) is 7.41. The van der Waals surface area contributed by atoms with Crippen molar-refractivity contribution >= 4 is 12.0 Å². The molecule has 2 unspecified atom stereocenters. The number of carboxylic acid groups (broad SMARTS) is 1. The Morgan fingerprint density at radius 3 is 2.50 bits per heavy atom. The number of amides is 2. The molecule has 0 aromatic rings. The van der Waals surface area contributed by atoms with E-state index in [0.29, 0.717) is 5.92 Å². The fraction of sp³-hybridized carbons (Fsp3) is 0.867. The van der Waals surface area contributed by atoms with Crippen LogP contribution in [0, 0.1) is 11.8 Å². The Morgan fingerprint density at radius 1 is 1.25 bits per heavy atom. The smallest absolute Gasteiger partial charge is 0.317 e. The number of carbonyl (C=O) groups is 2. The molecule has 1 aliphatic rings. The number of nitrogens with one attached hydrogen (secondary N) is 1. The fourth-order valence-corrected chi connectivity index (χ4v) is 3.02. The summed E-state index contributed by atoms with van der Waals surface area (Å²) in [4.78, 5) is 23.8. The Hall–Kier alpha value is -1.26. The second kappa shape index (κ2) is 8.82. The average molecular weight is 284 g/mol. The quantitative estimate of drug-likeness (QED) is 0.755. The van der Waals surface area contributed by atoms with Crippen molar-refractivity contribution in [1.82, 2.24) is 10.2 Å².